The van der Waals surface area contributed by atoms with Crippen molar-refractivity contribution < 1.29 is 18.6 Å². The van der Waals surface area contributed by atoms with Crippen molar-refractivity contribution in [3.63, 3.8) is 0 Å². The number of phenols is 2. The van der Waals surface area contributed by atoms with Crippen LogP contribution < -0.4 is 4.83 Å². The number of rotatable bonds is 4. The van der Waals surface area contributed by atoms with Gasteiger partial charge in [0.2, 0.25) is 0 Å². The van der Waals surface area contributed by atoms with Crippen LogP contribution >= 0.6 is 0 Å². The molecule has 3 N–H and O–H groups in total. The number of phenolic OH excluding ortho intramolecular Hbond substituents is 2. The Morgan fingerprint density at radius 1 is 1.10 bits per heavy atom. The number of benzene rings is 2. The minimum atomic E-state index is -3.75. The van der Waals surface area contributed by atoms with E-state index in [-0.39, 0.29) is 22.0 Å². The molecule has 0 bridgehead atoms. The third-order valence-electron chi connectivity index (χ3n) is 2.72. The van der Waals surface area contributed by atoms with Gasteiger partial charge in [0, 0.05) is 11.6 Å². The second-order valence-corrected chi connectivity index (χ2v) is 6.07. The number of hydrazone groups is 1. The minimum Gasteiger partial charge on any atom is -0.508 e. The van der Waals surface area contributed by atoms with E-state index in [0.29, 0.717) is 0 Å². The van der Waals surface area contributed by atoms with Crippen molar-refractivity contribution in [2.45, 2.75) is 11.8 Å². The number of sulfonamides is 1. The smallest absolute Gasteiger partial charge is 0.276 e. The van der Waals surface area contributed by atoms with Gasteiger partial charge in [-0.2, -0.15) is 13.5 Å². The monoisotopic (exact) mass is 306 g/mol. The minimum absolute atomic E-state index is 0.0927. The fourth-order valence-corrected chi connectivity index (χ4v) is 2.37. The lowest BCUT2D eigenvalue weighted by atomic mass is 10.2. The summed E-state index contributed by atoms with van der Waals surface area (Å²) in [6, 6.07) is 10.2. The first-order valence-electron chi connectivity index (χ1n) is 6.02. The molecular weight excluding hydrogens is 292 g/mol. The van der Waals surface area contributed by atoms with Gasteiger partial charge in [0.05, 0.1) is 11.1 Å². The fraction of sp³-hybridized carbons (Fsp3) is 0.0714. The molecule has 0 aromatic heterocycles. The molecule has 0 amide bonds. The van der Waals surface area contributed by atoms with E-state index in [4.69, 9.17) is 5.11 Å². The second-order valence-electron chi connectivity index (χ2n) is 4.41. The van der Waals surface area contributed by atoms with Crippen LogP contribution in [0.3, 0.4) is 0 Å². The van der Waals surface area contributed by atoms with Crippen molar-refractivity contribution in [3.8, 4) is 11.5 Å². The Morgan fingerprint density at radius 2 is 1.76 bits per heavy atom. The van der Waals surface area contributed by atoms with Crippen molar-refractivity contribution >= 4 is 16.2 Å². The summed E-state index contributed by atoms with van der Waals surface area (Å²) in [5.41, 5.74) is 1.23. The van der Waals surface area contributed by atoms with Gasteiger partial charge in [-0.25, -0.2) is 4.83 Å². The van der Waals surface area contributed by atoms with Gasteiger partial charge in [-0.05, 0) is 31.2 Å². The molecule has 0 saturated carbocycles. The molecule has 0 saturated heterocycles. The van der Waals surface area contributed by atoms with Gasteiger partial charge < -0.3 is 10.2 Å². The van der Waals surface area contributed by atoms with E-state index in [2.05, 4.69) is 9.93 Å². The van der Waals surface area contributed by atoms with Gasteiger partial charge in [0.15, 0.2) is 0 Å². The molecule has 6 nitrogen and oxygen atoms in total. The van der Waals surface area contributed by atoms with E-state index in [1.807, 2.05) is 6.92 Å². The molecule has 0 aliphatic heterocycles. The average Bonchev–Trinajstić information content (AvgIpc) is 2.41. The highest BCUT2D eigenvalue weighted by atomic mass is 32.2. The van der Waals surface area contributed by atoms with Gasteiger partial charge in [-0.3, -0.25) is 0 Å². The molecule has 2 aromatic carbocycles. The molecule has 7 heteroatoms. The topological polar surface area (TPSA) is 99.0 Å². The zero-order chi connectivity index (χ0) is 15.5. The summed E-state index contributed by atoms with van der Waals surface area (Å²) in [6.07, 6.45) is 1.15. The van der Waals surface area contributed by atoms with Crippen molar-refractivity contribution in [3.05, 3.63) is 53.6 Å². The lowest BCUT2D eigenvalue weighted by Crippen LogP contribution is -2.18. The molecule has 0 unspecified atom stereocenters. The van der Waals surface area contributed by atoms with Crippen molar-refractivity contribution in [2.24, 2.45) is 5.10 Å². The van der Waals surface area contributed by atoms with E-state index < -0.39 is 10.0 Å². The lowest BCUT2D eigenvalue weighted by molar-refractivity contribution is 0.450. The summed E-state index contributed by atoms with van der Waals surface area (Å²) < 4.78 is 23.9. The van der Waals surface area contributed by atoms with E-state index in [9.17, 15) is 13.5 Å². The van der Waals surface area contributed by atoms with Crippen LogP contribution in [0.2, 0.25) is 0 Å². The number of aromatic hydroxyl groups is 2. The summed E-state index contributed by atoms with van der Waals surface area (Å²) >= 11 is 0. The van der Waals surface area contributed by atoms with E-state index in [1.54, 1.807) is 12.1 Å². The molecule has 0 aliphatic rings. The van der Waals surface area contributed by atoms with Crippen LogP contribution in [-0.4, -0.2) is 24.8 Å². The van der Waals surface area contributed by atoms with Crippen molar-refractivity contribution in [1.29, 1.82) is 0 Å². The van der Waals surface area contributed by atoms with Crippen LogP contribution in [0.25, 0.3) is 0 Å². The Labute approximate surface area is 122 Å². The molecule has 0 atom stereocenters. The highest BCUT2D eigenvalue weighted by Gasteiger charge is 2.11. The zero-order valence-corrected chi connectivity index (χ0v) is 12.0. The van der Waals surface area contributed by atoms with Crippen LogP contribution in [0, 0.1) is 6.92 Å². The Balaban J connectivity index is 2.14. The van der Waals surface area contributed by atoms with Crippen molar-refractivity contribution in [2.75, 3.05) is 0 Å². The number of hydrogen-bond donors (Lipinski definition) is 3. The van der Waals surface area contributed by atoms with Crippen LogP contribution in [0.1, 0.15) is 11.1 Å². The standard InChI is InChI=1S/C14H14N2O4S/c1-10-2-6-13(7-3-10)21(19,20)16-15-9-11-4-5-12(17)8-14(11)18/h2-9,16-18H,1H3/b15-9+. The number of nitrogens with one attached hydrogen (secondary N) is 1. The predicted molar refractivity (Wildman–Crippen MR) is 78.9 cm³/mol. The first-order valence-corrected chi connectivity index (χ1v) is 7.50. The van der Waals surface area contributed by atoms with Gasteiger partial charge in [-0.15, -0.1) is 0 Å². The predicted octanol–water partition coefficient (Wildman–Crippen LogP) is 1.72. The Morgan fingerprint density at radius 3 is 2.38 bits per heavy atom. The summed E-state index contributed by atoms with van der Waals surface area (Å²) in [6.45, 7) is 1.86. The lowest BCUT2D eigenvalue weighted by Gasteiger charge is -2.04. The average molecular weight is 306 g/mol. The highest BCUT2D eigenvalue weighted by molar-refractivity contribution is 7.89. The molecule has 21 heavy (non-hydrogen) atoms. The van der Waals surface area contributed by atoms with Crippen LogP contribution in [-0.2, 0) is 10.0 Å². The molecule has 0 aliphatic carbocycles. The quantitative estimate of drug-likeness (QED) is 0.591. The maximum absolute atomic E-state index is 11.9. The first-order chi connectivity index (χ1) is 9.88. The van der Waals surface area contributed by atoms with Crippen molar-refractivity contribution in [1.82, 2.24) is 4.83 Å². The van der Waals surface area contributed by atoms with Crippen LogP contribution in [0.4, 0.5) is 0 Å². The van der Waals surface area contributed by atoms with Gasteiger partial charge in [0.25, 0.3) is 10.0 Å². The SMILES string of the molecule is Cc1ccc(S(=O)(=O)N/N=C/c2ccc(O)cc2O)cc1. The second kappa shape index (κ2) is 5.84. The Kier molecular flexibility index (Phi) is 4.13. The Hall–Kier alpha value is -2.54. The van der Waals surface area contributed by atoms with E-state index >= 15 is 0 Å². The highest BCUT2D eigenvalue weighted by Crippen LogP contribution is 2.20. The third kappa shape index (κ3) is 3.73. The molecule has 0 radical (unpaired) electrons. The largest absolute Gasteiger partial charge is 0.508 e. The van der Waals surface area contributed by atoms with Gasteiger partial charge in [-0.1, -0.05) is 17.7 Å². The van der Waals surface area contributed by atoms with Gasteiger partial charge in [0.1, 0.15) is 11.5 Å². The summed E-state index contributed by atoms with van der Waals surface area (Å²) in [5.74, 6) is -0.293. The molecular formula is C14H14N2O4S. The molecule has 2 aromatic rings. The molecule has 0 spiro atoms. The first kappa shape index (κ1) is 14.9. The number of hydrogen-bond acceptors (Lipinski definition) is 5. The maximum atomic E-state index is 11.9. The van der Waals surface area contributed by atoms with E-state index in [0.717, 1.165) is 17.8 Å². The third-order valence-corrected chi connectivity index (χ3v) is 3.96. The van der Waals surface area contributed by atoms with E-state index in [1.165, 1.54) is 24.3 Å². The summed E-state index contributed by atoms with van der Waals surface area (Å²) in [4.78, 5) is 2.15. The van der Waals surface area contributed by atoms with Crippen LogP contribution in [0.5, 0.6) is 11.5 Å². The Bertz CT molecular complexity index is 768. The molecule has 0 heterocycles. The summed E-state index contributed by atoms with van der Waals surface area (Å²) in [5, 5.41) is 22.3. The molecule has 2 rings (SSSR count). The number of nitrogens with zero attached hydrogens (tertiary/aromatic N) is 1. The maximum Gasteiger partial charge on any atom is 0.276 e. The zero-order valence-electron chi connectivity index (χ0n) is 11.2. The summed E-state index contributed by atoms with van der Waals surface area (Å²) in [7, 11) is -3.75. The van der Waals surface area contributed by atoms with Gasteiger partial charge >= 0.3 is 0 Å². The van der Waals surface area contributed by atoms with Crippen LogP contribution in [0.15, 0.2) is 52.5 Å². The fourth-order valence-electron chi connectivity index (χ4n) is 1.58. The number of aryl methyl sites for hydroxylation is 1. The normalized spacial score (nSPS) is 11.7. The molecule has 0 fully saturated rings. The molecule has 110 valence electrons.